The topological polar surface area (TPSA) is 87.7 Å². The predicted molar refractivity (Wildman–Crippen MR) is 105 cm³/mol. The molecule has 3 rings (SSSR count). The maximum Gasteiger partial charge on any atom is 0.324 e. The van der Waals surface area contributed by atoms with Crippen molar-refractivity contribution in [2.24, 2.45) is 11.8 Å². The summed E-state index contributed by atoms with van der Waals surface area (Å²) in [7, 11) is 1.59. The minimum absolute atomic E-state index is 0.0364. The zero-order valence-electron chi connectivity index (χ0n) is 16.6. The van der Waals surface area contributed by atoms with Gasteiger partial charge in [-0.05, 0) is 43.4 Å². The second-order valence-electron chi connectivity index (χ2n) is 7.59. The SMILES string of the molecule is CCCCNC(=O)C1CCC2C(=O)N(Cc3ccc(OC)cc3)C(=O)NC2C1. The number of benzene rings is 1. The summed E-state index contributed by atoms with van der Waals surface area (Å²) in [5, 5.41) is 5.92. The van der Waals surface area contributed by atoms with E-state index in [1.165, 1.54) is 4.90 Å². The van der Waals surface area contributed by atoms with E-state index in [1.807, 2.05) is 24.3 Å². The van der Waals surface area contributed by atoms with Crippen molar-refractivity contribution < 1.29 is 19.1 Å². The Morgan fingerprint density at radius 1 is 1.25 bits per heavy atom. The number of methoxy groups -OCH3 is 1. The van der Waals surface area contributed by atoms with E-state index in [-0.39, 0.29) is 42.3 Å². The fourth-order valence-corrected chi connectivity index (χ4v) is 4.00. The number of hydrogen-bond acceptors (Lipinski definition) is 4. The standard InChI is InChI=1S/C21H29N3O4/c1-3-4-11-22-19(25)15-7-10-17-18(12-15)23-21(27)24(20(17)26)13-14-5-8-16(28-2)9-6-14/h5-6,8-9,15,17-18H,3-4,7,10-13H2,1-2H3,(H,22,25)(H,23,27). The number of imide groups is 1. The van der Waals surface area contributed by atoms with Crippen molar-refractivity contribution in [3.05, 3.63) is 29.8 Å². The highest BCUT2D eigenvalue weighted by Crippen LogP contribution is 2.33. The Labute approximate surface area is 165 Å². The van der Waals surface area contributed by atoms with Crippen LogP contribution >= 0.6 is 0 Å². The van der Waals surface area contributed by atoms with E-state index < -0.39 is 0 Å². The van der Waals surface area contributed by atoms with E-state index >= 15 is 0 Å². The predicted octanol–water partition coefficient (Wildman–Crippen LogP) is 2.45. The minimum Gasteiger partial charge on any atom is -0.497 e. The first-order chi connectivity index (χ1) is 13.5. The summed E-state index contributed by atoms with van der Waals surface area (Å²) < 4.78 is 5.14. The molecule has 2 fully saturated rings. The average molecular weight is 387 g/mol. The van der Waals surface area contributed by atoms with Gasteiger partial charge >= 0.3 is 6.03 Å². The normalized spacial score (nSPS) is 24.4. The molecule has 2 N–H and O–H groups in total. The highest BCUT2D eigenvalue weighted by molar-refractivity contribution is 5.99. The van der Waals surface area contributed by atoms with Crippen LogP contribution < -0.4 is 15.4 Å². The van der Waals surface area contributed by atoms with Crippen LogP contribution in [-0.4, -0.2) is 42.4 Å². The van der Waals surface area contributed by atoms with Crippen LogP contribution in [0.15, 0.2) is 24.3 Å². The summed E-state index contributed by atoms with van der Waals surface area (Å²) in [6.45, 7) is 3.00. The van der Waals surface area contributed by atoms with E-state index in [4.69, 9.17) is 4.74 Å². The van der Waals surface area contributed by atoms with Crippen molar-refractivity contribution in [2.45, 2.75) is 51.6 Å². The number of rotatable bonds is 7. The number of carbonyl (C=O) groups excluding carboxylic acids is 3. The van der Waals surface area contributed by atoms with Crippen molar-refractivity contribution in [1.29, 1.82) is 0 Å². The van der Waals surface area contributed by atoms with Gasteiger partial charge in [0.15, 0.2) is 0 Å². The van der Waals surface area contributed by atoms with Crippen LogP contribution in [0.3, 0.4) is 0 Å². The molecule has 1 aromatic rings. The Morgan fingerprint density at radius 3 is 2.68 bits per heavy atom. The molecule has 3 unspecified atom stereocenters. The summed E-state index contributed by atoms with van der Waals surface area (Å²) in [4.78, 5) is 39.1. The number of nitrogens with one attached hydrogen (secondary N) is 2. The van der Waals surface area contributed by atoms with Crippen LogP contribution in [0, 0.1) is 11.8 Å². The third-order valence-electron chi connectivity index (χ3n) is 5.69. The summed E-state index contributed by atoms with van der Waals surface area (Å²) >= 11 is 0. The third kappa shape index (κ3) is 4.46. The van der Waals surface area contributed by atoms with E-state index in [0.29, 0.717) is 25.8 Å². The van der Waals surface area contributed by atoms with Crippen LogP contribution in [-0.2, 0) is 16.1 Å². The lowest BCUT2D eigenvalue weighted by molar-refractivity contribution is -0.139. The molecule has 1 heterocycles. The zero-order valence-corrected chi connectivity index (χ0v) is 16.6. The Bertz CT molecular complexity index is 719. The van der Waals surface area contributed by atoms with Crippen LogP contribution in [0.2, 0.25) is 0 Å². The number of ether oxygens (including phenoxy) is 1. The summed E-state index contributed by atoms with van der Waals surface area (Å²) in [5.41, 5.74) is 0.867. The highest BCUT2D eigenvalue weighted by Gasteiger charge is 2.45. The van der Waals surface area contributed by atoms with Crippen molar-refractivity contribution in [3.63, 3.8) is 0 Å². The van der Waals surface area contributed by atoms with Gasteiger partial charge in [0.05, 0.1) is 19.6 Å². The molecule has 1 saturated heterocycles. The molecule has 0 spiro atoms. The molecular formula is C21H29N3O4. The second-order valence-corrected chi connectivity index (χ2v) is 7.59. The molecule has 7 heteroatoms. The number of carbonyl (C=O) groups is 3. The molecule has 7 nitrogen and oxygen atoms in total. The lowest BCUT2D eigenvalue weighted by atomic mass is 9.76. The van der Waals surface area contributed by atoms with Crippen LogP contribution in [0.4, 0.5) is 4.79 Å². The number of hydrogen-bond donors (Lipinski definition) is 2. The van der Waals surface area contributed by atoms with Gasteiger partial charge in [-0.3, -0.25) is 14.5 Å². The fraction of sp³-hybridized carbons (Fsp3) is 0.571. The molecule has 28 heavy (non-hydrogen) atoms. The quantitative estimate of drug-likeness (QED) is 0.704. The van der Waals surface area contributed by atoms with Gasteiger partial charge in [-0.15, -0.1) is 0 Å². The number of fused-ring (bicyclic) bond motifs is 1. The number of unbranched alkanes of at least 4 members (excludes halogenated alkanes) is 1. The molecule has 0 radical (unpaired) electrons. The maximum atomic E-state index is 12.9. The number of amides is 4. The van der Waals surface area contributed by atoms with Gasteiger partial charge in [0.1, 0.15) is 5.75 Å². The molecule has 1 aliphatic carbocycles. The first-order valence-electron chi connectivity index (χ1n) is 10.1. The average Bonchev–Trinajstić information content (AvgIpc) is 2.71. The Morgan fingerprint density at radius 2 is 2.00 bits per heavy atom. The van der Waals surface area contributed by atoms with Crippen LogP contribution in [0.5, 0.6) is 5.75 Å². The molecule has 152 valence electrons. The zero-order chi connectivity index (χ0) is 20.1. The molecule has 4 amide bonds. The lowest BCUT2D eigenvalue weighted by Gasteiger charge is -2.42. The molecule has 0 aromatic heterocycles. The third-order valence-corrected chi connectivity index (χ3v) is 5.69. The highest BCUT2D eigenvalue weighted by atomic mass is 16.5. The first-order valence-corrected chi connectivity index (χ1v) is 10.1. The van der Waals surface area contributed by atoms with E-state index in [2.05, 4.69) is 17.6 Å². The van der Waals surface area contributed by atoms with Gasteiger partial charge in [0.25, 0.3) is 0 Å². The summed E-state index contributed by atoms with van der Waals surface area (Å²) in [6.07, 6.45) is 3.81. The van der Waals surface area contributed by atoms with Crippen molar-refractivity contribution in [2.75, 3.05) is 13.7 Å². The Hall–Kier alpha value is -2.57. The first kappa shape index (κ1) is 20.2. The van der Waals surface area contributed by atoms with Crippen molar-refractivity contribution >= 4 is 17.8 Å². The maximum absolute atomic E-state index is 12.9. The van der Waals surface area contributed by atoms with Crippen LogP contribution in [0.1, 0.15) is 44.6 Å². The monoisotopic (exact) mass is 387 g/mol. The van der Waals surface area contributed by atoms with E-state index in [9.17, 15) is 14.4 Å². The summed E-state index contributed by atoms with van der Waals surface area (Å²) in [6, 6.07) is 6.68. The van der Waals surface area contributed by atoms with Gasteiger partial charge in [0.2, 0.25) is 11.8 Å². The van der Waals surface area contributed by atoms with Gasteiger partial charge in [0, 0.05) is 18.5 Å². The number of urea groups is 1. The van der Waals surface area contributed by atoms with Gasteiger partial charge in [-0.1, -0.05) is 25.5 Å². The van der Waals surface area contributed by atoms with Crippen LogP contribution in [0.25, 0.3) is 0 Å². The molecule has 2 aliphatic rings. The second kappa shape index (κ2) is 9.08. The van der Waals surface area contributed by atoms with E-state index in [0.717, 1.165) is 24.2 Å². The Balaban J connectivity index is 1.60. The molecule has 0 bridgehead atoms. The smallest absolute Gasteiger partial charge is 0.324 e. The fourth-order valence-electron chi connectivity index (χ4n) is 4.00. The molecular weight excluding hydrogens is 358 g/mol. The molecule has 3 atom stereocenters. The lowest BCUT2D eigenvalue weighted by Crippen LogP contribution is -2.61. The van der Waals surface area contributed by atoms with Crippen molar-refractivity contribution in [1.82, 2.24) is 15.5 Å². The van der Waals surface area contributed by atoms with Gasteiger partial charge < -0.3 is 15.4 Å². The van der Waals surface area contributed by atoms with Gasteiger partial charge in [-0.2, -0.15) is 0 Å². The van der Waals surface area contributed by atoms with E-state index in [1.54, 1.807) is 7.11 Å². The molecule has 1 saturated carbocycles. The largest absolute Gasteiger partial charge is 0.497 e. The van der Waals surface area contributed by atoms with Crippen molar-refractivity contribution in [3.8, 4) is 5.75 Å². The molecule has 1 aliphatic heterocycles. The number of nitrogens with zero attached hydrogens (tertiary/aromatic N) is 1. The minimum atomic E-state index is -0.380. The molecule has 1 aromatic carbocycles. The Kier molecular flexibility index (Phi) is 6.54. The summed E-state index contributed by atoms with van der Waals surface area (Å²) in [5.74, 6) is 0.229. The van der Waals surface area contributed by atoms with Gasteiger partial charge in [-0.25, -0.2) is 4.79 Å².